The number of halogens is 1. The molecule has 1 aromatic carbocycles. The van der Waals surface area contributed by atoms with Crippen LogP contribution in [-0.2, 0) is 14.8 Å². The van der Waals surface area contributed by atoms with Gasteiger partial charge in [-0.15, -0.1) is 0 Å². The molecular weight excluding hydrogens is 247 g/mol. The van der Waals surface area contributed by atoms with E-state index < -0.39 is 15.8 Å². The fourth-order valence-corrected chi connectivity index (χ4v) is 2.09. The average molecular weight is 262 g/mol. The quantitative estimate of drug-likeness (QED) is 0.596. The van der Waals surface area contributed by atoms with Crippen molar-refractivity contribution >= 4 is 21.4 Å². The Hall–Kier alpha value is -1.34. The molecule has 96 valence electrons. The Morgan fingerprint density at radius 3 is 2.76 bits per heavy atom. The SMILES string of the molecule is CCOCCS(=O)(=O)Nc1ccc(N)cc1F. The molecule has 0 saturated carbocycles. The summed E-state index contributed by atoms with van der Waals surface area (Å²) >= 11 is 0. The number of nitrogens with two attached hydrogens (primary N) is 1. The van der Waals surface area contributed by atoms with Gasteiger partial charge in [0.15, 0.2) is 0 Å². The summed E-state index contributed by atoms with van der Waals surface area (Å²) in [7, 11) is -3.60. The van der Waals surface area contributed by atoms with Gasteiger partial charge in [-0.1, -0.05) is 0 Å². The van der Waals surface area contributed by atoms with Gasteiger partial charge in [-0.3, -0.25) is 4.72 Å². The van der Waals surface area contributed by atoms with Gasteiger partial charge in [0.2, 0.25) is 10.0 Å². The highest BCUT2D eigenvalue weighted by Crippen LogP contribution is 2.18. The molecule has 17 heavy (non-hydrogen) atoms. The molecule has 5 nitrogen and oxygen atoms in total. The predicted molar refractivity (Wildman–Crippen MR) is 64.7 cm³/mol. The summed E-state index contributed by atoms with van der Waals surface area (Å²) in [6.07, 6.45) is 0. The molecule has 0 aliphatic carbocycles. The van der Waals surface area contributed by atoms with E-state index in [0.29, 0.717) is 6.61 Å². The molecule has 0 aliphatic heterocycles. The van der Waals surface area contributed by atoms with Crippen LogP contribution in [0.2, 0.25) is 0 Å². The summed E-state index contributed by atoms with van der Waals surface area (Å²) < 4.78 is 43.4. The molecule has 7 heteroatoms. The van der Waals surface area contributed by atoms with Gasteiger partial charge < -0.3 is 10.5 Å². The zero-order valence-electron chi connectivity index (χ0n) is 9.44. The summed E-state index contributed by atoms with van der Waals surface area (Å²) in [4.78, 5) is 0. The van der Waals surface area contributed by atoms with Crippen LogP contribution in [0.15, 0.2) is 18.2 Å². The van der Waals surface area contributed by atoms with Gasteiger partial charge >= 0.3 is 0 Å². The fourth-order valence-electron chi connectivity index (χ4n) is 1.15. The highest BCUT2D eigenvalue weighted by Gasteiger charge is 2.13. The number of nitrogen functional groups attached to an aromatic ring is 1. The molecule has 0 fully saturated rings. The molecule has 0 atom stereocenters. The van der Waals surface area contributed by atoms with Crippen molar-refractivity contribution in [3.05, 3.63) is 24.0 Å². The maximum Gasteiger partial charge on any atom is 0.235 e. The Morgan fingerprint density at radius 2 is 2.18 bits per heavy atom. The van der Waals surface area contributed by atoms with E-state index in [2.05, 4.69) is 4.72 Å². The first-order chi connectivity index (χ1) is 7.94. The lowest BCUT2D eigenvalue weighted by atomic mass is 10.3. The number of ether oxygens (including phenoxy) is 1. The number of rotatable bonds is 6. The number of nitrogens with one attached hydrogen (secondary N) is 1. The second kappa shape index (κ2) is 5.83. The van der Waals surface area contributed by atoms with Crippen LogP contribution >= 0.6 is 0 Å². The molecule has 1 aromatic rings. The molecule has 0 spiro atoms. The zero-order valence-corrected chi connectivity index (χ0v) is 10.3. The van der Waals surface area contributed by atoms with Gasteiger partial charge in [0.05, 0.1) is 18.0 Å². The monoisotopic (exact) mass is 262 g/mol. The highest BCUT2D eigenvalue weighted by molar-refractivity contribution is 7.92. The summed E-state index contributed by atoms with van der Waals surface area (Å²) in [5.74, 6) is -0.921. The lowest BCUT2D eigenvalue weighted by molar-refractivity contribution is 0.163. The molecule has 3 N–H and O–H groups in total. The van der Waals surface area contributed by atoms with E-state index in [1.807, 2.05) is 0 Å². The summed E-state index contributed by atoms with van der Waals surface area (Å²) in [6.45, 7) is 2.27. The first kappa shape index (κ1) is 13.7. The summed E-state index contributed by atoms with van der Waals surface area (Å²) in [5, 5.41) is 0. The summed E-state index contributed by atoms with van der Waals surface area (Å²) in [6, 6.07) is 3.76. The van der Waals surface area contributed by atoms with Crippen LogP contribution < -0.4 is 10.5 Å². The number of benzene rings is 1. The topological polar surface area (TPSA) is 81.4 Å². The molecule has 0 aromatic heterocycles. The van der Waals surface area contributed by atoms with Crippen molar-refractivity contribution in [1.82, 2.24) is 0 Å². The minimum absolute atomic E-state index is 0.0719. The maximum absolute atomic E-state index is 13.3. The molecule has 0 saturated heterocycles. The number of anilines is 2. The van der Waals surface area contributed by atoms with Crippen molar-refractivity contribution in [1.29, 1.82) is 0 Å². The molecule has 0 bridgehead atoms. The third-order valence-corrected chi connectivity index (χ3v) is 3.19. The van der Waals surface area contributed by atoms with Crippen LogP contribution in [-0.4, -0.2) is 27.4 Å². The minimum atomic E-state index is -3.60. The summed E-state index contributed by atoms with van der Waals surface area (Å²) in [5.41, 5.74) is 5.47. The van der Waals surface area contributed by atoms with Crippen molar-refractivity contribution in [2.24, 2.45) is 0 Å². The van der Waals surface area contributed by atoms with Crippen LogP contribution in [0, 0.1) is 5.82 Å². The second-order valence-corrected chi connectivity index (χ2v) is 5.20. The Labute approximate surface area is 99.8 Å². The molecule has 0 radical (unpaired) electrons. The van der Waals surface area contributed by atoms with Crippen molar-refractivity contribution in [2.45, 2.75) is 6.92 Å². The predicted octanol–water partition coefficient (Wildman–Crippen LogP) is 1.19. The third kappa shape index (κ3) is 4.58. The number of hydrogen-bond acceptors (Lipinski definition) is 4. The third-order valence-electron chi connectivity index (χ3n) is 1.96. The van der Waals surface area contributed by atoms with Crippen molar-refractivity contribution in [3.63, 3.8) is 0 Å². The standard InChI is InChI=1S/C10H15FN2O3S/c1-2-16-5-6-17(14,15)13-10-4-3-8(12)7-9(10)11/h3-4,7,13H,2,5-6,12H2,1H3. The smallest absolute Gasteiger partial charge is 0.235 e. The van der Waals surface area contributed by atoms with Crippen molar-refractivity contribution < 1.29 is 17.5 Å². The van der Waals surface area contributed by atoms with Crippen LogP contribution in [0.1, 0.15) is 6.92 Å². The average Bonchev–Trinajstić information content (AvgIpc) is 2.22. The highest BCUT2D eigenvalue weighted by atomic mass is 32.2. The van der Waals surface area contributed by atoms with E-state index >= 15 is 0 Å². The van der Waals surface area contributed by atoms with Crippen LogP contribution in [0.4, 0.5) is 15.8 Å². The lowest BCUT2D eigenvalue weighted by Gasteiger charge is -2.09. The Bertz CT molecular complexity index is 476. The molecule has 0 amide bonds. The maximum atomic E-state index is 13.3. The van der Waals surface area contributed by atoms with E-state index in [0.717, 1.165) is 6.07 Å². The number of hydrogen-bond donors (Lipinski definition) is 2. The van der Waals surface area contributed by atoms with Crippen LogP contribution in [0.25, 0.3) is 0 Å². The Kier molecular flexibility index (Phi) is 4.71. The second-order valence-electron chi connectivity index (χ2n) is 3.36. The first-order valence-electron chi connectivity index (χ1n) is 5.08. The van der Waals surface area contributed by atoms with Gasteiger partial charge in [0, 0.05) is 12.3 Å². The number of sulfonamides is 1. The van der Waals surface area contributed by atoms with Crippen LogP contribution in [0.3, 0.4) is 0 Å². The fraction of sp³-hybridized carbons (Fsp3) is 0.400. The zero-order chi connectivity index (χ0) is 12.9. The Morgan fingerprint density at radius 1 is 1.47 bits per heavy atom. The van der Waals surface area contributed by atoms with E-state index in [1.54, 1.807) is 6.92 Å². The molecule has 0 unspecified atom stereocenters. The first-order valence-corrected chi connectivity index (χ1v) is 6.73. The molecule has 0 aliphatic rings. The van der Waals surface area contributed by atoms with Crippen LogP contribution in [0.5, 0.6) is 0 Å². The van der Waals surface area contributed by atoms with Gasteiger partial charge in [-0.25, -0.2) is 12.8 Å². The largest absolute Gasteiger partial charge is 0.399 e. The van der Waals surface area contributed by atoms with E-state index in [1.165, 1.54) is 12.1 Å². The van der Waals surface area contributed by atoms with Gasteiger partial charge in [0.25, 0.3) is 0 Å². The molecular formula is C10H15FN2O3S. The van der Waals surface area contributed by atoms with Gasteiger partial charge in [-0.05, 0) is 25.1 Å². The van der Waals surface area contributed by atoms with E-state index in [-0.39, 0.29) is 23.7 Å². The van der Waals surface area contributed by atoms with Crippen molar-refractivity contribution in [3.8, 4) is 0 Å². The lowest BCUT2D eigenvalue weighted by Crippen LogP contribution is -2.20. The molecule has 0 heterocycles. The van der Waals surface area contributed by atoms with E-state index in [9.17, 15) is 12.8 Å². The van der Waals surface area contributed by atoms with Crippen molar-refractivity contribution in [2.75, 3.05) is 29.4 Å². The Balaban J connectivity index is 2.69. The van der Waals surface area contributed by atoms with Gasteiger partial charge in [-0.2, -0.15) is 0 Å². The normalized spacial score (nSPS) is 11.4. The van der Waals surface area contributed by atoms with Gasteiger partial charge in [0.1, 0.15) is 5.82 Å². The minimum Gasteiger partial charge on any atom is -0.399 e. The molecule has 1 rings (SSSR count). The van der Waals surface area contributed by atoms with E-state index in [4.69, 9.17) is 10.5 Å².